The summed E-state index contributed by atoms with van der Waals surface area (Å²) in [6.45, 7) is 4.09. The Balaban J connectivity index is 1.49. The van der Waals surface area contributed by atoms with Crippen molar-refractivity contribution in [3.05, 3.63) is 50.6 Å². The molecule has 0 aliphatic heterocycles. The lowest BCUT2D eigenvalue weighted by molar-refractivity contribution is -0.115. The van der Waals surface area contributed by atoms with Crippen molar-refractivity contribution >= 4 is 33.6 Å². The number of aromatic nitrogens is 2. The highest BCUT2D eigenvalue weighted by Gasteiger charge is 2.21. The summed E-state index contributed by atoms with van der Waals surface area (Å²) in [7, 11) is 0. The number of nitrogens with zero attached hydrogens (tertiary/aromatic N) is 3. The van der Waals surface area contributed by atoms with E-state index >= 15 is 0 Å². The number of anilines is 1. The number of nitrogens with one attached hydrogen (secondary N) is 1. The predicted octanol–water partition coefficient (Wildman–Crippen LogP) is 4.93. The molecule has 4 rings (SSSR count). The van der Waals surface area contributed by atoms with E-state index in [1.807, 2.05) is 19.2 Å². The number of carbonyl (C=O) groups excluding carboxylic acids is 1. The summed E-state index contributed by atoms with van der Waals surface area (Å²) in [5.41, 5.74) is 4.81. The van der Waals surface area contributed by atoms with Crippen molar-refractivity contribution in [2.24, 2.45) is 0 Å². The lowest BCUT2D eigenvalue weighted by Gasteiger charge is -2.04. The van der Waals surface area contributed by atoms with E-state index in [1.54, 1.807) is 11.3 Å². The fourth-order valence-electron chi connectivity index (χ4n) is 3.73. The number of thiazole rings is 1. The Morgan fingerprint density at radius 1 is 1.25 bits per heavy atom. The number of hydrogen-bond donors (Lipinski definition) is 1. The van der Waals surface area contributed by atoms with E-state index < -0.39 is 0 Å². The van der Waals surface area contributed by atoms with Crippen LogP contribution in [0.4, 0.5) is 5.00 Å². The molecule has 0 saturated carbocycles. The molecule has 3 aromatic rings. The number of amides is 1. The first-order valence-electron chi connectivity index (χ1n) is 9.51. The third-order valence-electron chi connectivity index (χ3n) is 5.13. The normalized spacial score (nSPS) is 13.6. The fraction of sp³-hybridized carbons (Fsp3) is 0.381. The molecule has 3 aromatic heterocycles. The SMILES string of the molecule is Cc1ccc(C)n1-c1nc(CC(=O)Nc2sc3c(c2C#N)CCCCC3)cs1. The van der Waals surface area contributed by atoms with Crippen molar-refractivity contribution in [2.45, 2.75) is 52.4 Å². The van der Waals surface area contributed by atoms with Crippen molar-refractivity contribution in [3.63, 3.8) is 0 Å². The molecule has 1 amide bonds. The second-order valence-corrected chi connectivity index (χ2v) is 9.12. The van der Waals surface area contributed by atoms with Gasteiger partial charge in [0.15, 0.2) is 5.13 Å². The molecule has 7 heteroatoms. The molecule has 0 bridgehead atoms. The van der Waals surface area contributed by atoms with Crippen molar-refractivity contribution < 1.29 is 4.79 Å². The van der Waals surface area contributed by atoms with Crippen LogP contribution in [0.1, 0.15) is 52.3 Å². The summed E-state index contributed by atoms with van der Waals surface area (Å²) in [4.78, 5) is 18.5. The summed E-state index contributed by atoms with van der Waals surface area (Å²) in [5, 5.41) is 16.1. The summed E-state index contributed by atoms with van der Waals surface area (Å²) >= 11 is 3.11. The third-order valence-corrected chi connectivity index (χ3v) is 7.21. The smallest absolute Gasteiger partial charge is 0.231 e. The average molecular weight is 411 g/mol. The zero-order chi connectivity index (χ0) is 19.7. The molecule has 28 heavy (non-hydrogen) atoms. The van der Waals surface area contributed by atoms with Crippen molar-refractivity contribution in [2.75, 3.05) is 5.32 Å². The van der Waals surface area contributed by atoms with Gasteiger partial charge in [0, 0.05) is 21.6 Å². The van der Waals surface area contributed by atoms with Gasteiger partial charge in [-0.1, -0.05) is 6.42 Å². The van der Waals surface area contributed by atoms with Gasteiger partial charge in [0.2, 0.25) is 5.91 Å². The number of nitriles is 1. The molecule has 144 valence electrons. The van der Waals surface area contributed by atoms with Crippen molar-refractivity contribution in [1.82, 2.24) is 9.55 Å². The van der Waals surface area contributed by atoms with Crippen molar-refractivity contribution in [1.29, 1.82) is 5.26 Å². The van der Waals surface area contributed by atoms with E-state index in [4.69, 9.17) is 0 Å². The highest BCUT2D eigenvalue weighted by atomic mass is 32.1. The van der Waals surface area contributed by atoms with Crippen LogP contribution < -0.4 is 5.32 Å². The average Bonchev–Trinajstić information content (AvgIpc) is 3.28. The van der Waals surface area contributed by atoms with E-state index in [0.29, 0.717) is 10.6 Å². The second-order valence-electron chi connectivity index (χ2n) is 7.18. The highest BCUT2D eigenvalue weighted by molar-refractivity contribution is 7.16. The van der Waals surface area contributed by atoms with E-state index in [0.717, 1.165) is 53.5 Å². The summed E-state index contributed by atoms with van der Waals surface area (Å²) < 4.78 is 2.09. The minimum atomic E-state index is -0.120. The molecule has 0 aromatic carbocycles. The molecule has 1 aliphatic carbocycles. The molecule has 0 spiro atoms. The van der Waals surface area contributed by atoms with Gasteiger partial charge in [-0.25, -0.2) is 4.98 Å². The van der Waals surface area contributed by atoms with E-state index in [2.05, 4.69) is 33.1 Å². The van der Waals surface area contributed by atoms with Crippen LogP contribution in [0.5, 0.6) is 0 Å². The number of fused-ring (bicyclic) bond motifs is 1. The standard InChI is InChI=1S/C21H22N4OS2/c1-13-8-9-14(2)25(13)21-23-15(12-27-21)10-19(26)24-20-17(11-22)16-6-4-3-5-7-18(16)28-20/h8-9,12H,3-7,10H2,1-2H3,(H,24,26). The summed E-state index contributed by atoms with van der Waals surface area (Å²) in [6.07, 6.45) is 5.65. The van der Waals surface area contributed by atoms with Gasteiger partial charge in [0.05, 0.1) is 17.7 Å². The zero-order valence-corrected chi connectivity index (χ0v) is 17.7. The number of aryl methyl sites for hydroxylation is 3. The minimum absolute atomic E-state index is 0.120. The highest BCUT2D eigenvalue weighted by Crippen LogP contribution is 2.37. The van der Waals surface area contributed by atoms with Gasteiger partial charge in [0.1, 0.15) is 11.1 Å². The van der Waals surface area contributed by atoms with Gasteiger partial charge in [-0.05, 0) is 57.2 Å². The molecule has 1 N–H and O–H groups in total. The van der Waals surface area contributed by atoms with Crippen LogP contribution in [0.3, 0.4) is 0 Å². The fourth-order valence-corrected chi connectivity index (χ4v) is 5.93. The molecule has 0 atom stereocenters. The van der Waals surface area contributed by atoms with Crippen LogP contribution in [-0.2, 0) is 24.1 Å². The maximum atomic E-state index is 12.6. The van der Waals surface area contributed by atoms with E-state index in [1.165, 1.54) is 22.6 Å². The second kappa shape index (κ2) is 7.90. The Hall–Kier alpha value is -2.43. The molecule has 0 radical (unpaired) electrons. The Bertz CT molecular complexity index is 1050. The Labute approximate surface area is 172 Å². The van der Waals surface area contributed by atoms with Crippen LogP contribution in [0.15, 0.2) is 17.5 Å². The number of hydrogen-bond acceptors (Lipinski definition) is 5. The Kier molecular flexibility index (Phi) is 5.33. The predicted molar refractivity (Wildman–Crippen MR) is 114 cm³/mol. The Morgan fingerprint density at radius 3 is 2.75 bits per heavy atom. The summed E-state index contributed by atoms with van der Waals surface area (Å²) in [6, 6.07) is 6.44. The van der Waals surface area contributed by atoms with Crippen LogP contribution >= 0.6 is 22.7 Å². The molecule has 3 heterocycles. The number of carbonyl (C=O) groups is 1. The minimum Gasteiger partial charge on any atom is -0.316 e. The lowest BCUT2D eigenvalue weighted by atomic mass is 10.1. The van der Waals surface area contributed by atoms with Gasteiger partial charge in [-0.3, -0.25) is 9.36 Å². The quantitative estimate of drug-likeness (QED) is 0.620. The van der Waals surface area contributed by atoms with Gasteiger partial charge in [-0.2, -0.15) is 5.26 Å². The first kappa shape index (κ1) is 18.9. The van der Waals surface area contributed by atoms with E-state index in [9.17, 15) is 10.1 Å². The molecule has 1 aliphatic rings. The van der Waals surface area contributed by atoms with Crippen LogP contribution in [-0.4, -0.2) is 15.5 Å². The Morgan fingerprint density at radius 2 is 2.00 bits per heavy atom. The molecule has 0 unspecified atom stereocenters. The molecule has 0 fully saturated rings. The van der Waals surface area contributed by atoms with Gasteiger partial charge in [0.25, 0.3) is 0 Å². The molecular formula is C21H22N4OS2. The maximum absolute atomic E-state index is 12.6. The lowest BCUT2D eigenvalue weighted by Crippen LogP contribution is -2.14. The largest absolute Gasteiger partial charge is 0.316 e. The van der Waals surface area contributed by atoms with Gasteiger partial charge >= 0.3 is 0 Å². The molecule has 0 saturated heterocycles. The first-order chi connectivity index (χ1) is 13.6. The third kappa shape index (κ3) is 3.62. The van der Waals surface area contributed by atoms with E-state index in [-0.39, 0.29) is 12.3 Å². The topological polar surface area (TPSA) is 70.7 Å². The number of thiophene rings is 1. The monoisotopic (exact) mass is 410 g/mol. The van der Waals surface area contributed by atoms with Gasteiger partial charge in [-0.15, -0.1) is 22.7 Å². The zero-order valence-electron chi connectivity index (χ0n) is 16.0. The van der Waals surface area contributed by atoms with Crippen LogP contribution in [0.2, 0.25) is 0 Å². The van der Waals surface area contributed by atoms with Gasteiger partial charge < -0.3 is 5.32 Å². The van der Waals surface area contributed by atoms with Crippen LogP contribution in [0, 0.1) is 25.2 Å². The number of rotatable bonds is 4. The summed E-state index contributed by atoms with van der Waals surface area (Å²) in [5.74, 6) is -0.120. The molecular weight excluding hydrogens is 388 g/mol. The molecule has 5 nitrogen and oxygen atoms in total. The van der Waals surface area contributed by atoms with Crippen molar-refractivity contribution in [3.8, 4) is 11.2 Å². The maximum Gasteiger partial charge on any atom is 0.231 e. The first-order valence-corrected chi connectivity index (χ1v) is 11.2. The van der Waals surface area contributed by atoms with Crippen LogP contribution in [0.25, 0.3) is 5.13 Å².